The smallest absolute Gasteiger partial charge is 0.165 e. The molecule has 1 atom stereocenters. The van der Waals surface area contributed by atoms with E-state index in [4.69, 9.17) is 12.2 Å². The molecule has 44 valence electrons. The van der Waals surface area contributed by atoms with E-state index in [-0.39, 0.29) is 10.1 Å². The Morgan fingerprint density at radius 1 is 2.00 bits per heavy atom. The average molecular weight is 193 g/mol. The van der Waals surface area contributed by atoms with Crippen molar-refractivity contribution >= 4 is 33.3 Å². The average Bonchev–Trinajstić information content (AvgIpc) is 1.65. The lowest BCUT2D eigenvalue weighted by Gasteiger charge is -2.02. The third kappa shape index (κ3) is 3.90. The minimum absolute atomic E-state index is 0.199. The van der Waals surface area contributed by atoms with Crippen LogP contribution < -0.4 is 11.1 Å². The molecule has 0 spiro atoms. The Balaban J connectivity index is 3.43. The van der Waals surface area contributed by atoms with Crippen LogP contribution in [-0.2, 0) is 0 Å². The molecule has 0 rings (SSSR count). The monoisotopic (exact) mass is 192 g/mol. The Hall–Kier alpha value is -0.270. The molecule has 0 saturated heterocycles. The maximum atomic E-state index is 5.06. The second kappa shape index (κ2) is 3.70. The summed E-state index contributed by atoms with van der Waals surface area (Å²) in [6.45, 7) is 0. The van der Waals surface area contributed by atoms with Gasteiger partial charge in [-0.1, -0.05) is 21.9 Å². The predicted octanol–water partition coefficient (Wildman–Crippen LogP) is 0.174. The minimum atomic E-state index is -0.250. The Bertz CT molecular complexity index is 128. The molecule has 0 amide bonds. The fourth-order valence-electron chi connectivity index (χ4n) is 0.167. The SMILES string of the molecule is C#CC(Br)NC(N)=S. The molecule has 0 saturated carbocycles. The normalized spacial score (nSPS) is 11.5. The van der Waals surface area contributed by atoms with Crippen LogP contribution in [0.2, 0.25) is 0 Å². The fourth-order valence-corrected chi connectivity index (χ4v) is 0.683. The first kappa shape index (κ1) is 7.73. The molecular formula is C4H5BrN2S. The second-order valence-electron chi connectivity index (χ2n) is 1.04. The number of rotatable bonds is 1. The quantitative estimate of drug-likeness (QED) is 0.270. The van der Waals surface area contributed by atoms with Gasteiger partial charge in [0.1, 0.15) is 4.95 Å². The molecule has 0 aliphatic rings. The van der Waals surface area contributed by atoms with E-state index in [1.54, 1.807) is 0 Å². The van der Waals surface area contributed by atoms with Crippen molar-refractivity contribution in [3.63, 3.8) is 0 Å². The van der Waals surface area contributed by atoms with Crippen molar-refractivity contribution in [2.24, 2.45) is 5.73 Å². The summed E-state index contributed by atoms with van der Waals surface area (Å²) in [6.07, 6.45) is 4.95. The van der Waals surface area contributed by atoms with Gasteiger partial charge in [-0.25, -0.2) is 0 Å². The van der Waals surface area contributed by atoms with Gasteiger partial charge in [-0.3, -0.25) is 0 Å². The fraction of sp³-hybridized carbons (Fsp3) is 0.250. The third-order valence-corrected chi connectivity index (χ3v) is 1.03. The molecule has 1 unspecified atom stereocenters. The highest BCUT2D eigenvalue weighted by Gasteiger charge is 1.94. The first-order valence-electron chi connectivity index (χ1n) is 1.83. The van der Waals surface area contributed by atoms with Crippen molar-refractivity contribution in [1.82, 2.24) is 5.32 Å². The molecule has 0 heterocycles. The van der Waals surface area contributed by atoms with Gasteiger partial charge in [0.05, 0.1) is 0 Å². The molecule has 0 fully saturated rings. The van der Waals surface area contributed by atoms with Gasteiger partial charge >= 0.3 is 0 Å². The van der Waals surface area contributed by atoms with Crippen molar-refractivity contribution in [3.05, 3.63) is 0 Å². The van der Waals surface area contributed by atoms with Crippen LogP contribution >= 0.6 is 28.1 Å². The molecule has 0 aliphatic heterocycles. The zero-order valence-corrected chi connectivity index (χ0v) is 6.42. The lowest BCUT2D eigenvalue weighted by molar-refractivity contribution is 1.03. The molecule has 8 heavy (non-hydrogen) atoms. The number of terminal acetylenes is 1. The first-order chi connectivity index (χ1) is 3.66. The molecule has 0 aliphatic carbocycles. The summed E-state index contributed by atoms with van der Waals surface area (Å²) in [5, 5.41) is 2.78. The van der Waals surface area contributed by atoms with E-state index in [1.165, 1.54) is 0 Å². The lowest BCUT2D eigenvalue weighted by Crippen LogP contribution is -2.33. The van der Waals surface area contributed by atoms with Crippen molar-refractivity contribution in [2.45, 2.75) is 4.95 Å². The Labute approximate surface area is 61.9 Å². The number of hydrogen-bond acceptors (Lipinski definition) is 1. The van der Waals surface area contributed by atoms with Gasteiger partial charge < -0.3 is 11.1 Å². The maximum absolute atomic E-state index is 5.06. The summed E-state index contributed by atoms with van der Waals surface area (Å²) >= 11 is 7.54. The Morgan fingerprint density at radius 2 is 2.50 bits per heavy atom. The molecule has 0 bridgehead atoms. The van der Waals surface area contributed by atoms with Crippen LogP contribution in [0.15, 0.2) is 0 Å². The summed E-state index contributed by atoms with van der Waals surface area (Å²) in [5.74, 6) is 2.33. The van der Waals surface area contributed by atoms with Crippen molar-refractivity contribution < 1.29 is 0 Å². The third-order valence-electron chi connectivity index (χ3n) is 0.415. The van der Waals surface area contributed by atoms with Crippen LogP contribution in [0.4, 0.5) is 0 Å². The first-order valence-corrected chi connectivity index (χ1v) is 3.15. The number of nitrogens with two attached hydrogens (primary N) is 1. The van der Waals surface area contributed by atoms with Gasteiger partial charge in [0.2, 0.25) is 0 Å². The standard InChI is InChI=1S/C4H5BrN2S/c1-2-3(5)7-4(6)8/h1,3H,(H3,6,7,8). The molecule has 0 aromatic carbocycles. The Morgan fingerprint density at radius 3 is 2.62 bits per heavy atom. The van der Waals surface area contributed by atoms with Gasteiger partial charge in [-0.05, 0) is 12.2 Å². The van der Waals surface area contributed by atoms with Crippen LogP contribution in [0.1, 0.15) is 0 Å². The zero-order chi connectivity index (χ0) is 6.57. The molecule has 2 nitrogen and oxygen atoms in total. The van der Waals surface area contributed by atoms with Gasteiger partial charge in [0.25, 0.3) is 0 Å². The highest BCUT2D eigenvalue weighted by molar-refractivity contribution is 9.09. The summed E-state index contributed by atoms with van der Waals surface area (Å²) in [5.41, 5.74) is 5.06. The van der Waals surface area contributed by atoms with E-state index in [0.29, 0.717) is 0 Å². The maximum Gasteiger partial charge on any atom is 0.165 e. The van der Waals surface area contributed by atoms with Crippen LogP contribution in [0, 0.1) is 12.3 Å². The van der Waals surface area contributed by atoms with E-state index in [0.717, 1.165) is 0 Å². The predicted molar refractivity (Wildman–Crippen MR) is 41.5 cm³/mol. The summed E-state index contributed by atoms with van der Waals surface area (Å²) in [7, 11) is 0. The number of halogens is 1. The number of hydrogen-bond donors (Lipinski definition) is 2. The largest absolute Gasteiger partial charge is 0.376 e. The summed E-state index contributed by atoms with van der Waals surface area (Å²) in [4.78, 5) is -0.250. The molecular weight excluding hydrogens is 188 g/mol. The van der Waals surface area contributed by atoms with Crippen molar-refractivity contribution in [1.29, 1.82) is 0 Å². The van der Waals surface area contributed by atoms with Gasteiger partial charge in [0, 0.05) is 0 Å². The lowest BCUT2D eigenvalue weighted by atomic mass is 10.7. The van der Waals surface area contributed by atoms with E-state index < -0.39 is 0 Å². The van der Waals surface area contributed by atoms with Gasteiger partial charge in [0.15, 0.2) is 5.11 Å². The molecule has 0 aromatic heterocycles. The molecule has 0 radical (unpaired) electrons. The van der Waals surface area contributed by atoms with Crippen LogP contribution in [0.25, 0.3) is 0 Å². The topological polar surface area (TPSA) is 38.0 Å². The Kier molecular flexibility index (Phi) is 3.57. The number of nitrogens with one attached hydrogen (secondary N) is 1. The summed E-state index contributed by atoms with van der Waals surface area (Å²) < 4.78 is 0. The highest BCUT2D eigenvalue weighted by atomic mass is 79.9. The van der Waals surface area contributed by atoms with E-state index >= 15 is 0 Å². The second-order valence-corrected chi connectivity index (χ2v) is 2.39. The summed E-state index contributed by atoms with van der Waals surface area (Å²) in [6, 6.07) is 0. The van der Waals surface area contributed by atoms with Crippen LogP contribution in [0.5, 0.6) is 0 Å². The number of alkyl halides is 1. The molecule has 0 aromatic rings. The van der Waals surface area contributed by atoms with Gasteiger partial charge in [-0.2, -0.15) is 0 Å². The van der Waals surface area contributed by atoms with Crippen molar-refractivity contribution in [3.8, 4) is 12.3 Å². The van der Waals surface area contributed by atoms with Gasteiger partial charge in [-0.15, -0.1) is 6.42 Å². The van der Waals surface area contributed by atoms with E-state index in [2.05, 4.69) is 39.4 Å². The number of thiocarbonyl (C=S) groups is 1. The highest BCUT2D eigenvalue weighted by Crippen LogP contribution is 1.88. The van der Waals surface area contributed by atoms with E-state index in [1.807, 2.05) is 0 Å². The van der Waals surface area contributed by atoms with Crippen molar-refractivity contribution in [2.75, 3.05) is 0 Å². The minimum Gasteiger partial charge on any atom is -0.376 e. The van der Waals surface area contributed by atoms with Crippen LogP contribution in [-0.4, -0.2) is 10.1 Å². The zero-order valence-electron chi connectivity index (χ0n) is 4.02. The molecule has 3 N–H and O–H groups in total. The molecule has 4 heteroatoms. The van der Waals surface area contributed by atoms with Crippen LogP contribution in [0.3, 0.4) is 0 Å². The van der Waals surface area contributed by atoms with E-state index in [9.17, 15) is 0 Å².